The lowest BCUT2D eigenvalue weighted by Crippen LogP contribution is -2.27. The van der Waals surface area contributed by atoms with Gasteiger partial charge in [0.1, 0.15) is 5.69 Å². The van der Waals surface area contributed by atoms with Crippen LogP contribution in [0.3, 0.4) is 0 Å². The highest BCUT2D eigenvalue weighted by Gasteiger charge is 2.09. The topological polar surface area (TPSA) is 71.3 Å². The highest BCUT2D eigenvalue weighted by molar-refractivity contribution is 5.92. The molecule has 0 aliphatic carbocycles. The van der Waals surface area contributed by atoms with Gasteiger partial charge in [-0.05, 0) is 43.2 Å². The quantitative estimate of drug-likeness (QED) is 0.855. The van der Waals surface area contributed by atoms with Crippen molar-refractivity contribution in [3.63, 3.8) is 0 Å². The Morgan fingerprint density at radius 3 is 2.52 bits per heavy atom. The normalized spacial score (nSPS) is 10.3. The highest BCUT2D eigenvalue weighted by atomic mass is 16.4. The molecule has 1 aromatic heterocycles. The molecule has 1 aromatic carbocycles. The number of amides is 1. The second-order valence-corrected chi connectivity index (χ2v) is 4.69. The lowest BCUT2D eigenvalue weighted by molar-refractivity contribution is 0.0696. The van der Waals surface area contributed by atoms with Gasteiger partial charge in [-0.25, -0.2) is 4.79 Å². The predicted molar refractivity (Wildman–Crippen MR) is 79.5 cm³/mol. The largest absolute Gasteiger partial charge is 0.478 e. The molecule has 0 bridgehead atoms. The number of hydrogen-bond donors (Lipinski definition) is 2. The number of benzene rings is 1. The third-order valence-electron chi connectivity index (χ3n) is 3.30. The zero-order valence-electron chi connectivity index (χ0n) is 11.9. The number of nitrogens with one attached hydrogen (secondary N) is 1. The Morgan fingerprint density at radius 2 is 1.90 bits per heavy atom. The molecule has 0 aliphatic heterocycles. The Kier molecular flexibility index (Phi) is 4.77. The molecule has 2 N–H and O–H groups in total. The van der Waals surface area contributed by atoms with Crippen molar-refractivity contribution >= 4 is 11.9 Å². The molecule has 0 spiro atoms. The number of carboxylic acids is 1. The van der Waals surface area contributed by atoms with E-state index in [9.17, 15) is 9.59 Å². The summed E-state index contributed by atoms with van der Waals surface area (Å²) in [6.07, 6.45) is 2.54. The van der Waals surface area contributed by atoms with E-state index < -0.39 is 5.97 Å². The van der Waals surface area contributed by atoms with E-state index >= 15 is 0 Å². The maximum absolute atomic E-state index is 12.0. The minimum absolute atomic E-state index is 0.0935. The molecular weight excluding hydrogens is 268 g/mol. The molecule has 5 heteroatoms. The summed E-state index contributed by atoms with van der Waals surface area (Å²) in [5, 5.41) is 11.7. The van der Waals surface area contributed by atoms with Crippen molar-refractivity contribution in [3.8, 4) is 0 Å². The molecule has 1 amide bonds. The van der Waals surface area contributed by atoms with Crippen molar-refractivity contribution < 1.29 is 14.7 Å². The van der Waals surface area contributed by atoms with Crippen LogP contribution in [-0.4, -0.2) is 28.1 Å². The third kappa shape index (κ3) is 3.72. The van der Waals surface area contributed by atoms with Crippen LogP contribution in [0.15, 0.2) is 42.6 Å². The molecule has 21 heavy (non-hydrogen) atoms. The summed E-state index contributed by atoms with van der Waals surface area (Å²) in [4.78, 5) is 22.8. The first-order valence-electron chi connectivity index (χ1n) is 6.87. The molecule has 2 aromatic rings. The highest BCUT2D eigenvalue weighted by Crippen LogP contribution is 2.05. The average Bonchev–Trinajstić information content (AvgIpc) is 2.96. The molecule has 0 saturated heterocycles. The van der Waals surface area contributed by atoms with E-state index in [-0.39, 0.29) is 11.5 Å². The van der Waals surface area contributed by atoms with Crippen LogP contribution in [0.1, 0.15) is 33.3 Å². The van der Waals surface area contributed by atoms with E-state index in [4.69, 9.17) is 5.11 Å². The van der Waals surface area contributed by atoms with E-state index in [0.717, 1.165) is 12.1 Å². The third-order valence-corrected chi connectivity index (χ3v) is 3.30. The predicted octanol–water partition coefficient (Wildman–Crippen LogP) is 2.18. The van der Waals surface area contributed by atoms with E-state index in [1.807, 2.05) is 23.8 Å². The maximum Gasteiger partial charge on any atom is 0.335 e. The number of carboxylic acid groups (broad SMARTS) is 1. The van der Waals surface area contributed by atoms with Gasteiger partial charge in [-0.15, -0.1) is 0 Å². The number of aromatic carboxylic acids is 1. The van der Waals surface area contributed by atoms with Crippen LogP contribution < -0.4 is 5.32 Å². The Balaban J connectivity index is 1.86. The van der Waals surface area contributed by atoms with Crippen molar-refractivity contribution in [2.24, 2.45) is 0 Å². The number of aromatic nitrogens is 1. The molecule has 0 radical (unpaired) electrons. The summed E-state index contributed by atoms with van der Waals surface area (Å²) >= 11 is 0. The van der Waals surface area contributed by atoms with Crippen molar-refractivity contribution in [1.82, 2.24) is 9.88 Å². The number of hydrogen-bond acceptors (Lipinski definition) is 2. The van der Waals surface area contributed by atoms with Crippen LogP contribution in [0.25, 0.3) is 0 Å². The van der Waals surface area contributed by atoms with Gasteiger partial charge in [-0.1, -0.05) is 12.1 Å². The van der Waals surface area contributed by atoms with E-state index in [0.29, 0.717) is 18.7 Å². The van der Waals surface area contributed by atoms with Gasteiger partial charge in [-0.3, -0.25) is 4.79 Å². The maximum atomic E-state index is 12.0. The van der Waals surface area contributed by atoms with E-state index in [2.05, 4.69) is 5.32 Å². The minimum atomic E-state index is -0.935. The molecule has 110 valence electrons. The fraction of sp³-hybridized carbons (Fsp3) is 0.250. The molecule has 1 heterocycles. The van der Waals surface area contributed by atoms with E-state index in [1.165, 1.54) is 0 Å². The molecule has 0 unspecified atom stereocenters. The number of carbonyl (C=O) groups excluding carboxylic acids is 1. The van der Waals surface area contributed by atoms with Gasteiger partial charge in [0.05, 0.1) is 5.56 Å². The number of aryl methyl sites for hydroxylation is 1. The first-order valence-corrected chi connectivity index (χ1v) is 6.87. The lowest BCUT2D eigenvalue weighted by atomic mass is 10.1. The number of nitrogens with zero attached hydrogens (tertiary/aromatic N) is 1. The molecule has 0 saturated carbocycles. The van der Waals surface area contributed by atoms with Crippen molar-refractivity contribution in [2.45, 2.75) is 19.9 Å². The van der Waals surface area contributed by atoms with Gasteiger partial charge in [0.2, 0.25) is 0 Å². The summed E-state index contributed by atoms with van der Waals surface area (Å²) in [5.74, 6) is -1.03. The molecular formula is C16H18N2O3. The van der Waals surface area contributed by atoms with Gasteiger partial charge in [0, 0.05) is 19.3 Å². The van der Waals surface area contributed by atoms with Gasteiger partial charge in [-0.2, -0.15) is 0 Å². The Hall–Kier alpha value is -2.56. The first-order chi connectivity index (χ1) is 10.1. The molecule has 0 atom stereocenters. The summed E-state index contributed by atoms with van der Waals surface area (Å²) in [7, 11) is 0. The standard InChI is InChI=1S/C16H18N2O3/c1-2-18-11-3-4-14(18)15(19)17-10-9-12-5-7-13(8-6-12)16(20)21/h3-8,11H,2,9-10H2,1H3,(H,17,19)(H,20,21). The zero-order valence-corrected chi connectivity index (χ0v) is 11.9. The molecule has 5 nitrogen and oxygen atoms in total. The van der Waals surface area contributed by atoms with Gasteiger partial charge < -0.3 is 15.0 Å². The molecule has 0 aliphatic rings. The number of carbonyl (C=O) groups is 2. The van der Waals surface area contributed by atoms with Crippen LogP contribution in [0.4, 0.5) is 0 Å². The van der Waals surface area contributed by atoms with Crippen LogP contribution in [0, 0.1) is 0 Å². The number of rotatable bonds is 6. The second kappa shape index (κ2) is 6.74. The second-order valence-electron chi connectivity index (χ2n) is 4.69. The zero-order chi connectivity index (χ0) is 15.2. The summed E-state index contributed by atoms with van der Waals surface area (Å²) in [6.45, 7) is 3.26. The molecule has 0 fully saturated rings. The Labute approximate surface area is 123 Å². The van der Waals surface area contributed by atoms with Gasteiger partial charge in [0.25, 0.3) is 5.91 Å². The summed E-state index contributed by atoms with van der Waals surface area (Å²) in [5.41, 5.74) is 1.91. The smallest absolute Gasteiger partial charge is 0.335 e. The monoisotopic (exact) mass is 286 g/mol. The van der Waals surface area contributed by atoms with Crippen molar-refractivity contribution in [3.05, 3.63) is 59.4 Å². The van der Waals surface area contributed by atoms with Crippen LogP contribution >= 0.6 is 0 Å². The van der Waals surface area contributed by atoms with Crippen LogP contribution in [-0.2, 0) is 13.0 Å². The summed E-state index contributed by atoms with van der Waals surface area (Å²) in [6, 6.07) is 10.3. The van der Waals surface area contributed by atoms with E-state index in [1.54, 1.807) is 30.3 Å². The van der Waals surface area contributed by atoms with Crippen molar-refractivity contribution in [1.29, 1.82) is 0 Å². The SMILES string of the molecule is CCn1cccc1C(=O)NCCc1ccc(C(=O)O)cc1. The Morgan fingerprint density at radius 1 is 1.19 bits per heavy atom. The Bertz CT molecular complexity index is 629. The van der Waals surface area contributed by atoms with Crippen LogP contribution in [0.5, 0.6) is 0 Å². The lowest BCUT2D eigenvalue weighted by Gasteiger charge is -2.08. The average molecular weight is 286 g/mol. The van der Waals surface area contributed by atoms with Crippen LogP contribution in [0.2, 0.25) is 0 Å². The fourth-order valence-electron chi connectivity index (χ4n) is 2.12. The van der Waals surface area contributed by atoms with Gasteiger partial charge >= 0.3 is 5.97 Å². The fourth-order valence-corrected chi connectivity index (χ4v) is 2.12. The first kappa shape index (κ1) is 14.8. The minimum Gasteiger partial charge on any atom is -0.478 e. The summed E-state index contributed by atoms with van der Waals surface area (Å²) < 4.78 is 1.89. The van der Waals surface area contributed by atoms with Gasteiger partial charge in [0.15, 0.2) is 0 Å². The molecule has 2 rings (SSSR count). The van der Waals surface area contributed by atoms with Crippen molar-refractivity contribution in [2.75, 3.05) is 6.54 Å².